The summed E-state index contributed by atoms with van der Waals surface area (Å²) in [5, 5.41) is 12.2. The van der Waals surface area contributed by atoms with Crippen LogP contribution < -0.4 is 10.1 Å². The van der Waals surface area contributed by atoms with Gasteiger partial charge in [0.1, 0.15) is 11.8 Å². The second-order valence-corrected chi connectivity index (χ2v) is 8.77. The Hall–Kier alpha value is -2.22. The molecule has 1 aliphatic heterocycles. The first kappa shape index (κ1) is 21.5. The Morgan fingerprint density at radius 2 is 1.76 bits per heavy atom. The van der Waals surface area contributed by atoms with Crippen LogP contribution in [0.2, 0.25) is 0 Å². The molecule has 1 aliphatic carbocycles. The Balaban J connectivity index is 1.54. The Labute approximate surface area is 175 Å². The van der Waals surface area contributed by atoms with Gasteiger partial charge in [-0.15, -0.1) is 0 Å². The van der Waals surface area contributed by atoms with Crippen molar-refractivity contribution in [2.75, 3.05) is 24.6 Å². The fourth-order valence-electron chi connectivity index (χ4n) is 3.70. The number of carboxylic acid groups (broad SMARTS) is 1. The van der Waals surface area contributed by atoms with Crippen LogP contribution in [0.5, 0.6) is 5.75 Å². The summed E-state index contributed by atoms with van der Waals surface area (Å²) >= 11 is 1.82. The van der Waals surface area contributed by atoms with Crippen LogP contribution in [0.25, 0.3) is 0 Å². The number of rotatable bonds is 6. The molecule has 1 saturated heterocycles. The predicted molar refractivity (Wildman–Crippen MR) is 111 cm³/mol. The van der Waals surface area contributed by atoms with Gasteiger partial charge in [0.2, 0.25) is 5.91 Å². The highest BCUT2D eigenvalue weighted by molar-refractivity contribution is 7.99. The number of carbonyl (C=O) groups is 3. The van der Waals surface area contributed by atoms with Gasteiger partial charge in [0.25, 0.3) is 0 Å². The van der Waals surface area contributed by atoms with E-state index in [2.05, 4.69) is 5.32 Å². The van der Waals surface area contributed by atoms with Crippen molar-refractivity contribution >= 4 is 29.7 Å². The summed E-state index contributed by atoms with van der Waals surface area (Å²) in [6, 6.07) is 5.82. The number of carbonyl (C=O) groups excluding carboxylic acids is 2. The van der Waals surface area contributed by atoms with Crippen molar-refractivity contribution in [2.24, 2.45) is 5.92 Å². The van der Waals surface area contributed by atoms with Crippen molar-refractivity contribution in [2.45, 2.75) is 44.6 Å². The molecule has 158 valence electrons. The maximum Gasteiger partial charge on any atom is 0.415 e. The molecule has 1 unspecified atom stereocenters. The molecule has 0 bridgehead atoms. The average molecular weight is 421 g/mol. The van der Waals surface area contributed by atoms with E-state index in [-0.39, 0.29) is 24.3 Å². The third kappa shape index (κ3) is 6.39. The zero-order chi connectivity index (χ0) is 20.6. The predicted octanol–water partition coefficient (Wildman–Crippen LogP) is 2.93. The summed E-state index contributed by atoms with van der Waals surface area (Å²) in [6.07, 6.45) is 4.66. The Morgan fingerprint density at radius 1 is 1.10 bits per heavy atom. The largest absolute Gasteiger partial charge is 0.480 e. The molecule has 3 rings (SSSR count). The standard InChI is InChI=1S/C21H28N2O5S/c24-19(16-4-2-1-3-5-16)22-18(20(25)26)14-15-6-8-17(9-7-15)28-21(27)23-10-12-29-13-11-23/h6-9,16,18H,1-5,10-14H2,(H,22,24)(H,25,26). The van der Waals surface area contributed by atoms with Gasteiger partial charge in [-0.1, -0.05) is 31.4 Å². The maximum atomic E-state index is 12.4. The minimum atomic E-state index is -1.05. The Kier molecular flexibility index (Phi) is 7.80. The minimum absolute atomic E-state index is 0.0828. The van der Waals surface area contributed by atoms with E-state index in [1.165, 1.54) is 0 Å². The van der Waals surface area contributed by atoms with Gasteiger partial charge in [-0.3, -0.25) is 4.79 Å². The first-order chi connectivity index (χ1) is 14.0. The number of carboxylic acids is 1. The molecule has 2 fully saturated rings. The summed E-state index contributed by atoms with van der Waals surface area (Å²) < 4.78 is 5.40. The zero-order valence-corrected chi connectivity index (χ0v) is 17.3. The van der Waals surface area contributed by atoms with Gasteiger partial charge in [-0.25, -0.2) is 9.59 Å². The zero-order valence-electron chi connectivity index (χ0n) is 16.5. The van der Waals surface area contributed by atoms with Crippen LogP contribution in [0.15, 0.2) is 24.3 Å². The normalized spacial score (nSPS) is 18.7. The summed E-state index contributed by atoms with van der Waals surface area (Å²) in [5.41, 5.74) is 0.760. The average Bonchev–Trinajstić information content (AvgIpc) is 2.75. The van der Waals surface area contributed by atoms with Gasteiger partial charge in [0.05, 0.1) is 0 Å². The molecule has 29 heavy (non-hydrogen) atoms. The van der Waals surface area contributed by atoms with Crippen molar-refractivity contribution in [3.63, 3.8) is 0 Å². The van der Waals surface area contributed by atoms with Gasteiger partial charge in [0, 0.05) is 36.9 Å². The number of amides is 2. The molecule has 1 saturated carbocycles. The quantitative estimate of drug-likeness (QED) is 0.735. The second-order valence-electron chi connectivity index (χ2n) is 7.55. The number of hydrogen-bond donors (Lipinski definition) is 2. The fraction of sp³-hybridized carbons (Fsp3) is 0.571. The lowest BCUT2D eigenvalue weighted by Gasteiger charge is -2.25. The molecule has 0 radical (unpaired) electrons. The van der Waals surface area contributed by atoms with E-state index in [4.69, 9.17) is 4.74 Å². The van der Waals surface area contributed by atoms with E-state index in [1.807, 2.05) is 11.8 Å². The minimum Gasteiger partial charge on any atom is -0.480 e. The van der Waals surface area contributed by atoms with Crippen LogP contribution in [0, 0.1) is 5.92 Å². The van der Waals surface area contributed by atoms with Crippen LogP contribution in [0.1, 0.15) is 37.7 Å². The lowest BCUT2D eigenvalue weighted by Crippen LogP contribution is -2.45. The van der Waals surface area contributed by atoms with Crippen LogP contribution >= 0.6 is 11.8 Å². The summed E-state index contributed by atoms with van der Waals surface area (Å²) in [6.45, 7) is 1.37. The molecule has 2 amide bonds. The molecular weight excluding hydrogens is 392 g/mol. The Morgan fingerprint density at radius 3 is 2.38 bits per heavy atom. The van der Waals surface area contributed by atoms with E-state index >= 15 is 0 Å². The third-order valence-electron chi connectivity index (χ3n) is 5.43. The molecule has 0 spiro atoms. The van der Waals surface area contributed by atoms with E-state index < -0.39 is 12.0 Å². The van der Waals surface area contributed by atoms with Crippen LogP contribution in [0.3, 0.4) is 0 Å². The first-order valence-corrected chi connectivity index (χ1v) is 11.3. The molecule has 1 heterocycles. The molecule has 2 N–H and O–H groups in total. The fourth-order valence-corrected chi connectivity index (χ4v) is 4.60. The molecule has 0 aromatic heterocycles. The van der Waals surface area contributed by atoms with Crippen molar-refractivity contribution in [3.05, 3.63) is 29.8 Å². The number of nitrogens with zero attached hydrogens (tertiary/aromatic N) is 1. The molecule has 1 atom stereocenters. The van der Waals surface area contributed by atoms with Crippen molar-refractivity contribution in [3.8, 4) is 5.75 Å². The van der Waals surface area contributed by atoms with Crippen molar-refractivity contribution < 1.29 is 24.2 Å². The number of ether oxygens (including phenoxy) is 1. The first-order valence-electron chi connectivity index (χ1n) is 10.2. The van der Waals surface area contributed by atoms with E-state index in [1.54, 1.807) is 29.2 Å². The number of hydrogen-bond acceptors (Lipinski definition) is 5. The summed E-state index contributed by atoms with van der Waals surface area (Å²) in [5.74, 6) is 0.958. The number of benzene rings is 1. The lowest BCUT2D eigenvalue weighted by atomic mass is 9.88. The number of thioether (sulfide) groups is 1. The molecule has 1 aromatic carbocycles. The maximum absolute atomic E-state index is 12.4. The van der Waals surface area contributed by atoms with Gasteiger partial charge in [-0.2, -0.15) is 11.8 Å². The highest BCUT2D eigenvalue weighted by Gasteiger charge is 2.26. The van der Waals surface area contributed by atoms with E-state index in [0.717, 1.165) is 49.2 Å². The van der Waals surface area contributed by atoms with Crippen LogP contribution in [-0.2, 0) is 16.0 Å². The van der Waals surface area contributed by atoms with Gasteiger partial charge >= 0.3 is 12.1 Å². The van der Waals surface area contributed by atoms with Gasteiger partial charge < -0.3 is 20.1 Å². The lowest BCUT2D eigenvalue weighted by molar-refractivity contribution is -0.142. The molecule has 2 aliphatic rings. The smallest absolute Gasteiger partial charge is 0.415 e. The van der Waals surface area contributed by atoms with Crippen LogP contribution in [0.4, 0.5) is 4.79 Å². The second kappa shape index (κ2) is 10.5. The van der Waals surface area contributed by atoms with Crippen LogP contribution in [-0.4, -0.2) is 58.6 Å². The third-order valence-corrected chi connectivity index (χ3v) is 6.37. The van der Waals surface area contributed by atoms with E-state index in [0.29, 0.717) is 18.8 Å². The van der Waals surface area contributed by atoms with Gasteiger partial charge in [0.15, 0.2) is 0 Å². The van der Waals surface area contributed by atoms with Crippen molar-refractivity contribution in [1.82, 2.24) is 10.2 Å². The monoisotopic (exact) mass is 420 g/mol. The highest BCUT2D eigenvalue weighted by Crippen LogP contribution is 2.24. The highest BCUT2D eigenvalue weighted by atomic mass is 32.2. The van der Waals surface area contributed by atoms with E-state index in [9.17, 15) is 19.5 Å². The number of nitrogens with one attached hydrogen (secondary N) is 1. The summed E-state index contributed by atoms with van der Waals surface area (Å²) in [4.78, 5) is 37.9. The van der Waals surface area contributed by atoms with Crippen molar-refractivity contribution in [1.29, 1.82) is 0 Å². The Bertz CT molecular complexity index is 712. The molecule has 7 nitrogen and oxygen atoms in total. The van der Waals surface area contributed by atoms with Gasteiger partial charge in [-0.05, 0) is 30.5 Å². The SMILES string of the molecule is O=C(NC(Cc1ccc(OC(=O)N2CCSCC2)cc1)C(=O)O)C1CCCCC1. The molecule has 1 aromatic rings. The molecule has 8 heteroatoms. The number of aliphatic carboxylic acids is 1. The summed E-state index contributed by atoms with van der Waals surface area (Å²) in [7, 11) is 0. The topological polar surface area (TPSA) is 95.9 Å². The molecular formula is C21H28N2O5S.